The van der Waals surface area contributed by atoms with Crippen molar-refractivity contribution in [2.75, 3.05) is 25.0 Å². The van der Waals surface area contributed by atoms with Crippen molar-refractivity contribution in [2.45, 2.75) is 25.8 Å². The van der Waals surface area contributed by atoms with Crippen LogP contribution in [0.15, 0.2) is 26.9 Å². The summed E-state index contributed by atoms with van der Waals surface area (Å²) >= 11 is 1.16. The average molecular weight is 319 g/mol. The van der Waals surface area contributed by atoms with Gasteiger partial charge >= 0.3 is 0 Å². The molecular weight excluding hydrogens is 298 g/mol. The van der Waals surface area contributed by atoms with Gasteiger partial charge in [0.05, 0.1) is 23.6 Å². The highest BCUT2D eigenvalue weighted by Crippen LogP contribution is 2.38. The molecule has 2 heterocycles. The zero-order valence-corrected chi connectivity index (χ0v) is 13.5. The zero-order valence-electron chi connectivity index (χ0n) is 12.7. The summed E-state index contributed by atoms with van der Waals surface area (Å²) in [5.74, 6) is 0.578. The Morgan fingerprint density at radius 3 is 2.95 bits per heavy atom. The van der Waals surface area contributed by atoms with Gasteiger partial charge in [-0.05, 0) is 50.9 Å². The number of hydrogen-bond donors (Lipinski definition) is 2. The second-order valence-electron chi connectivity index (χ2n) is 5.96. The minimum Gasteiger partial charge on any atom is -0.328 e. The van der Waals surface area contributed by atoms with Gasteiger partial charge in [-0.2, -0.15) is 8.73 Å². The van der Waals surface area contributed by atoms with Crippen LogP contribution in [-0.4, -0.2) is 36.5 Å². The molecule has 0 saturated carbocycles. The lowest BCUT2D eigenvalue weighted by Crippen LogP contribution is -2.42. The summed E-state index contributed by atoms with van der Waals surface area (Å²) in [5.41, 5.74) is 8.27. The molecule has 0 radical (unpaired) electrons. The Labute approximate surface area is 134 Å². The maximum Gasteiger partial charge on any atom is 0.238 e. The Kier molecular flexibility index (Phi) is 4.66. The van der Waals surface area contributed by atoms with Gasteiger partial charge in [0.1, 0.15) is 11.4 Å². The Balaban J connectivity index is 1.54. The molecule has 2 aliphatic rings. The Morgan fingerprint density at radius 1 is 1.45 bits per heavy atom. The van der Waals surface area contributed by atoms with Crippen LogP contribution in [0.5, 0.6) is 0 Å². The first-order valence-electron chi connectivity index (χ1n) is 7.62. The van der Waals surface area contributed by atoms with Crippen LogP contribution in [0.3, 0.4) is 0 Å². The van der Waals surface area contributed by atoms with E-state index in [0.29, 0.717) is 12.5 Å². The van der Waals surface area contributed by atoms with Gasteiger partial charge in [-0.1, -0.05) is 6.07 Å². The van der Waals surface area contributed by atoms with E-state index in [0.717, 1.165) is 54.3 Å². The molecule has 7 heteroatoms. The number of fused-ring (bicyclic) bond motifs is 1. The van der Waals surface area contributed by atoms with Crippen LogP contribution < -0.4 is 11.1 Å². The topological polar surface area (TPSA) is 83.1 Å². The van der Waals surface area contributed by atoms with E-state index < -0.39 is 0 Å². The van der Waals surface area contributed by atoms with E-state index in [1.165, 1.54) is 0 Å². The van der Waals surface area contributed by atoms with E-state index in [-0.39, 0.29) is 11.9 Å². The number of nitrogens with one attached hydrogen (secondary N) is 1. The van der Waals surface area contributed by atoms with Gasteiger partial charge < -0.3 is 11.1 Å². The van der Waals surface area contributed by atoms with Crippen molar-refractivity contribution < 1.29 is 4.79 Å². The van der Waals surface area contributed by atoms with Crippen LogP contribution in [0.25, 0.3) is 0 Å². The number of carbonyl (C=O) groups is 1. The maximum atomic E-state index is 12.2. The van der Waals surface area contributed by atoms with Gasteiger partial charge in [-0.15, -0.1) is 0 Å². The van der Waals surface area contributed by atoms with Crippen LogP contribution in [-0.2, 0) is 16.1 Å². The van der Waals surface area contributed by atoms with Crippen molar-refractivity contribution in [3.05, 3.63) is 18.2 Å². The van der Waals surface area contributed by atoms with Gasteiger partial charge in [-0.3, -0.25) is 9.69 Å². The molecule has 3 N–H and O–H groups in total. The highest BCUT2D eigenvalue weighted by Gasteiger charge is 2.23. The Morgan fingerprint density at radius 2 is 2.23 bits per heavy atom. The third-order valence-electron chi connectivity index (χ3n) is 4.30. The highest BCUT2D eigenvalue weighted by atomic mass is 32.1. The van der Waals surface area contributed by atoms with Gasteiger partial charge in [0.15, 0.2) is 0 Å². The van der Waals surface area contributed by atoms with Gasteiger partial charge in [0.2, 0.25) is 5.91 Å². The first kappa shape index (κ1) is 15.3. The number of nitrogens with two attached hydrogens (primary N) is 1. The molecule has 22 heavy (non-hydrogen) atoms. The molecule has 1 aromatic rings. The summed E-state index contributed by atoms with van der Waals surface area (Å²) in [5, 5.41) is 2.95. The molecular formula is C15H21N5OS. The summed E-state index contributed by atoms with van der Waals surface area (Å²) in [6.45, 7) is 4.35. The molecule has 1 atom stereocenters. The van der Waals surface area contributed by atoms with Crippen molar-refractivity contribution in [3.8, 4) is 0 Å². The monoisotopic (exact) mass is 319 g/mol. The van der Waals surface area contributed by atoms with E-state index >= 15 is 0 Å². The number of piperidine rings is 1. The number of nitrogens with zero attached hydrogens (tertiary/aromatic N) is 3. The molecule has 0 bridgehead atoms. The van der Waals surface area contributed by atoms with Gasteiger partial charge in [0, 0.05) is 6.04 Å². The van der Waals surface area contributed by atoms with E-state index in [4.69, 9.17) is 5.73 Å². The quantitative estimate of drug-likeness (QED) is 0.908. The lowest BCUT2D eigenvalue weighted by Gasteiger charge is -2.33. The zero-order chi connectivity index (χ0) is 15.5. The van der Waals surface area contributed by atoms with Gasteiger partial charge in [0.25, 0.3) is 0 Å². The first-order chi connectivity index (χ1) is 10.6. The minimum absolute atomic E-state index is 0.000234. The van der Waals surface area contributed by atoms with E-state index in [1.807, 2.05) is 18.2 Å². The lowest BCUT2D eigenvalue weighted by atomic mass is 9.91. The number of carbonyl (C=O) groups excluding carboxylic acids is 1. The van der Waals surface area contributed by atoms with E-state index in [2.05, 4.69) is 25.9 Å². The molecule has 2 aliphatic heterocycles. The largest absolute Gasteiger partial charge is 0.328 e. The molecule has 1 fully saturated rings. The fraction of sp³-hybridized carbons (Fsp3) is 0.533. The number of rotatable bonds is 4. The van der Waals surface area contributed by atoms with Crippen molar-refractivity contribution in [3.63, 3.8) is 0 Å². The van der Waals surface area contributed by atoms with Crippen molar-refractivity contribution in [2.24, 2.45) is 20.4 Å². The standard InChI is InChI=1S/C15H21N5OS/c1-10(16)11-5-7-20(8-6-11)9-14(21)17-12-3-2-4-13-15(12)19-22-18-13/h2-4,10-11H,5-9,16H2,1H3,(H,17,21). The molecule has 3 rings (SSSR count). The van der Waals surface area contributed by atoms with Crippen LogP contribution in [0.1, 0.15) is 19.8 Å². The molecule has 1 unspecified atom stereocenters. The summed E-state index contributed by atoms with van der Waals surface area (Å²) in [6, 6.07) is 5.88. The number of anilines is 1. The highest BCUT2D eigenvalue weighted by molar-refractivity contribution is 7.58. The predicted octanol–water partition coefficient (Wildman–Crippen LogP) is 2.41. The normalized spacial score (nSPS) is 19.5. The lowest BCUT2D eigenvalue weighted by molar-refractivity contribution is -0.117. The molecule has 0 spiro atoms. The third-order valence-corrected chi connectivity index (χ3v) is 4.85. The molecule has 118 valence electrons. The fourth-order valence-electron chi connectivity index (χ4n) is 2.94. The first-order valence-corrected chi connectivity index (χ1v) is 8.35. The molecule has 6 nitrogen and oxygen atoms in total. The van der Waals surface area contributed by atoms with Crippen LogP contribution in [0, 0.1) is 5.92 Å². The Hall–Kier alpha value is -1.57. The van der Waals surface area contributed by atoms with Crippen LogP contribution in [0.2, 0.25) is 0 Å². The van der Waals surface area contributed by atoms with E-state index in [1.54, 1.807) is 0 Å². The second-order valence-corrected chi connectivity index (χ2v) is 6.49. The van der Waals surface area contributed by atoms with Crippen molar-refractivity contribution in [1.29, 1.82) is 0 Å². The average Bonchev–Trinajstić information content (AvgIpc) is 2.97. The summed E-state index contributed by atoms with van der Waals surface area (Å²) < 4.78 is 8.42. The van der Waals surface area contributed by atoms with Crippen LogP contribution in [0.4, 0.5) is 17.1 Å². The Bertz CT molecular complexity index is 631. The summed E-state index contributed by atoms with van der Waals surface area (Å²) in [4.78, 5) is 14.4. The predicted molar refractivity (Wildman–Crippen MR) is 89.4 cm³/mol. The van der Waals surface area contributed by atoms with Crippen molar-refractivity contribution in [1.82, 2.24) is 4.90 Å². The molecule has 0 aromatic heterocycles. The van der Waals surface area contributed by atoms with Gasteiger partial charge in [-0.25, -0.2) is 0 Å². The summed E-state index contributed by atoms with van der Waals surface area (Å²) in [7, 11) is 0. The number of likely N-dealkylation sites (tertiary alicyclic amines) is 1. The van der Waals surface area contributed by atoms with E-state index in [9.17, 15) is 4.79 Å². The molecule has 0 aliphatic carbocycles. The minimum atomic E-state index is -0.000234. The third kappa shape index (κ3) is 3.43. The van der Waals surface area contributed by atoms with Crippen molar-refractivity contribution >= 4 is 34.3 Å². The maximum absolute atomic E-state index is 12.2. The number of hydrogen-bond acceptors (Lipinski definition) is 5. The number of benzene rings is 1. The fourth-order valence-corrected chi connectivity index (χ4v) is 3.49. The second kappa shape index (κ2) is 6.68. The van der Waals surface area contributed by atoms with Crippen LogP contribution >= 0.6 is 0 Å². The molecule has 1 amide bonds. The molecule has 1 saturated heterocycles. The summed E-state index contributed by atoms with van der Waals surface area (Å²) in [6.07, 6.45) is 2.13. The number of amides is 1. The smallest absolute Gasteiger partial charge is 0.238 e. The SMILES string of the molecule is CC(N)C1CCN(CC(=O)Nc2cccc3c2N=S=N3)CC1. The molecule has 1 aromatic carbocycles.